The van der Waals surface area contributed by atoms with E-state index in [0.29, 0.717) is 17.0 Å². The molecule has 0 amide bonds. The molecule has 3 nitrogen and oxygen atoms in total. The van der Waals surface area contributed by atoms with Crippen LogP contribution in [0.15, 0.2) is 18.7 Å². The average molecular weight is 226 g/mol. The number of non-ortho nitro benzene ring substituents is 1. The van der Waals surface area contributed by atoms with Crippen LogP contribution < -0.4 is 0 Å². The Bertz CT molecular complexity index is 427. The van der Waals surface area contributed by atoms with Crippen LogP contribution in [0.3, 0.4) is 0 Å². The first kappa shape index (κ1) is 11.7. The first-order valence-corrected chi connectivity index (χ1v) is 4.97. The summed E-state index contributed by atoms with van der Waals surface area (Å²) >= 11 is 6.10. The molecule has 1 rings (SSSR count). The van der Waals surface area contributed by atoms with E-state index in [-0.39, 0.29) is 5.69 Å². The Kier molecular flexibility index (Phi) is 3.48. The molecule has 1 aromatic rings. The van der Waals surface area contributed by atoms with Gasteiger partial charge in [-0.2, -0.15) is 0 Å². The van der Waals surface area contributed by atoms with Gasteiger partial charge in [0.25, 0.3) is 5.69 Å². The van der Waals surface area contributed by atoms with Crippen LogP contribution in [0.4, 0.5) is 5.69 Å². The number of halogens is 1. The highest BCUT2D eigenvalue weighted by molar-refractivity contribution is 6.33. The zero-order chi connectivity index (χ0) is 11.6. The van der Waals surface area contributed by atoms with Crippen molar-refractivity contribution >= 4 is 22.9 Å². The van der Waals surface area contributed by atoms with Crippen LogP contribution >= 0.6 is 11.6 Å². The van der Waals surface area contributed by atoms with Crippen LogP contribution in [0, 0.1) is 10.1 Å². The lowest BCUT2D eigenvalue weighted by molar-refractivity contribution is -0.384. The Morgan fingerprint density at radius 3 is 2.60 bits per heavy atom. The lowest BCUT2D eigenvalue weighted by Gasteiger charge is -2.07. The van der Waals surface area contributed by atoms with E-state index in [1.807, 2.05) is 6.92 Å². The van der Waals surface area contributed by atoms with Gasteiger partial charge in [0.05, 0.1) is 9.95 Å². The molecule has 0 radical (unpaired) electrons. The summed E-state index contributed by atoms with van der Waals surface area (Å²) < 4.78 is 0. The van der Waals surface area contributed by atoms with E-state index in [0.717, 1.165) is 11.1 Å². The molecule has 0 bridgehead atoms. The normalized spacial score (nSPS) is 10.1. The topological polar surface area (TPSA) is 43.1 Å². The zero-order valence-corrected chi connectivity index (χ0v) is 9.47. The Morgan fingerprint density at radius 2 is 2.20 bits per heavy atom. The molecule has 0 saturated carbocycles. The molecule has 0 aromatic heterocycles. The lowest BCUT2D eigenvalue weighted by Crippen LogP contribution is -1.94. The number of nitro benzene ring substituents is 1. The monoisotopic (exact) mass is 225 g/mol. The summed E-state index contributed by atoms with van der Waals surface area (Å²) in [6, 6.07) is 2.97. The molecule has 80 valence electrons. The number of rotatable bonds is 3. The Hall–Kier alpha value is -1.35. The zero-order valence-electron chi connectivity index (χ0n) is 8.71. The molecule has 1 aromatic carbocycles. The third-order valence-corrected chi connectivity index (χ3v) is 2.63. The second kappa shape index (κ2) is 4.45. The molecule has 0 saturated heterocycles. The molecule has 0 atom stereocenters. The Labute approximate surface area is 93.5 Å². The molecule has 0 aliphatic rings. The summed E-state index contributed by atoms with van der Waals surface area (Å²) in [5.74, 6) is 0. The molecule has 15 heavy (non-hydrogen) atoms. The summed E-state index contributed by atoms with van der Waals surface area (Å²) in [4.78, 5) is 10.3. The first-order valence-electron chi connectivity index (χ1n) is 4.60. The van der Waals surface area contributed by atoms with Gasteiger partial charge in [0, 0.05) is 17.7 Å². The van der Waals surface area contributed by atoms with E-state index >= 15 is 0 Å². The highest BCUT2D eigenvalue weighted by atomic mass is 35.5. The predicted molar refractivity (Wildman–Crippen MR) is 62.2 cm³/mol. The second-order valence-corrected chi connectivity index (χ2v) is 3.74. The summed E-state index contributed by atoms with van der Waals surface area (Å²) in [6.45, 7) is 7.45. The van der Waals surface area contributed by atoms with Crippen molar-refractivity contribution in [1.82, 2.24) is 0 Å². The second-order valence-electron chi connectivity index (χ2n) is 3.36. The third-order valence-electron chi connectivity index (χ3n) is 2.18. The maximum Gasteiger partial charge on any atom is 0.270 e. The summed E-state index contributed by atoms with van der Waals surface area (Å²) in [6.07, 6.45) is 0.667. The largest absolute Gasteiger partial charge is 0.270 e. The number of benzene rings is 1. The van der Waals surface area contributed by atoms with E-state index in [1.54, 1.807) is 6.92 Å². The number of allylic oxidation sites excluding steroid dienone is 1. The minimum absolute atomic E-state index is 0.0641. The average Bonchev–Trinajstić information content (AvgIpc) is 2.17. The van der Waals surface area contributed by atoms with E-state index in [4.69, 9.17) is 11.6 Å². The smallest absolute Gasteiger partial charge is 0.258 e. The van der Waals surface area contributed by atoms with Crippen molar-refractivity contribution in [2.45, 2.75) is 20.3 Å². The van der Waals surface area contributed by atoms with Crippen molar-refractivity contribution in [3.63, 3.8) is 0 Å². The fraction of sp³-hybridized carbons (Fsp3) is 0.273. The molecule has 0 aliphatic heterocycles. The highest BCUT2D eigenvalue weighted by Gasteiger charge is 2.14. The molecule has 0 fully saturated rings. The van der Waals surface area contributed by atoms with E-state index in [1.165, 1.54) is 12.1 Å². The molecule has 0 spiro atoms. The number of aryl methyl sites for hydroxylation is 1. The minimum atomic E-state index is -0.415. The van der Waals surface area contributed by atoms with Gasteiger partial charge in [-0.3, -0.25) is 10.1 Å². The van der Waals surface area contributed by atoms with Crippen molar-refractivity contribution in [2.75, 3.05) is 0 Å². The van der Waals surface area contributed by atoms with Crippen LogP contribution in [0.25, 0.3) is 5.57 Å². The summed E-state index contributed by atoms with van der Waals surface area (Å²) in [5.41, 5.74) is 2.24. The fourth-order valence-corrected chi connectivity index (χ4v) is 1.75. The minimum Gasteiger partial charge on any atom is -0.258 e. The Balaban J connectivity index is 3.45. The van der Waals surface area contributed by atoms with Crippen LogP contribution in [-0.2, 0) is 6.42 Å². The van der Waals surface area contributed by atoms with Crippen LogP contribution in [0.2, 0.25) is 5.02 Å². The molecule has 4 heteroatoms. The van der Waals surface area contributed by atoms with Gasteiger partial charge in [0.1, 0.15) is 0 Å². The van der Waals surface area contributed by atoms with Crippen molar-refractivity contribution in [3.05, 3.63) is 45.0 Å². The van der Waals surface area contributed by atoms with Gasteiger partial charge >= 0.3 is 0 Å². The van der Waals surface area contributed by atoms with E-state index in [9.17, 15) is 10.1 Å². The fourth-order valence-electron chi connectivity index (χ4n) is 1.34. The Morgan fingerprint density at radius 1 is 1.60 bits per heavy atom. The number of hydrogen-bond donors (Lipinski definition) is 0. The first-order chi connectivity index (χ1) is 6.97. The quantitative estimate of drug-likeness (QED) is 0.579. The van der Waals surface area contributed by atoms with Crippen molar-refractivity contribution in [2.24, 2.45) is 0 Å². The van der Waals surface area contributed by atoms with Crippen molar-refractivity contribution in [1.29, 1.82) is 0 Å². The van der Waals surface area contributed by atoms with Crippen molar-refractivity contribution < 1.29 is 4.92 Å². The summed E-state index contributed by atoms with van der Waals surface area (Å²) in [7, 11) is 0. The third kappa shape index (κ3) is 2.36. The molecule has 0 heterocycles. The molecule has 0 N–H and O–H groups in total. The van der Waals surface area contributed by atoms with E-state index < -0.39 is 4.92 Å². The molecular weight excluding hydrogens is 214 g/mol. The SMILES string of the molecule is C=C(C)c1cc([N+](=O)[O-])cc(CC)c1Cl. The van der Waals surface area contributed by atoms with Crippen LogP contribution in [-0.4, -0.2) is 4.92 Å². The maximum absolute atomic E-state index is 10.7. The van der Waals surface area contributed by atoms with Gasteiger partial charge in [-0.05, 0) is 24.5 Å². The maximum atomic E-state index is 10.7. The number of nitro groups is 1. The number of hydrogen-bond acceptors (Lipinski definition) is 2. The molecule has 0 unspecified atom stereocenters. The van der Waals surface area contributed by atoms with E-state index in [2.05, 4.69) is 6.58 Å². The standard InChI is InChI=1S/C11H12ClNO2/c1-4-8-5-9(13(14)15)6-10(7(2)3)11(8)12/h5-6H,2,4H2,1,3H3. The van der Waals surface area contributed by atoms with Gasteiger partial charge in [-0.15, -0.1) is 0 Å². The lowest BCUT2D eigenvalue weighted by atomic mass is 10.0. The van der Waals surface area contributed by atoms with Crippen molar-refractivity contribution in [3.8, 4) is 0 Å². The van der Waals surface area contributed by atoms with Gasteiger partial charge in [-0.25, -0.2) is 0 Å². The van der Waals surface area contributed by atoms with Crippen LogP contribution in [0.5, 0.6) is 0 Å². The number of nitrogens with zero attached hydrogens (tertiary/aromatic N) is 1. The predicted octanol–water partition coefficient (Wildman–Crippen LogP) is 3.84. The van der Waals surface area contributed by atoms with Gasteiger partial charge in [0.2, 0.25) is 0 Å². The highest BCUT2D eigenvalue weighted by Crippen LogP contribution is 2.31. The molecular formula is C11H12ClNO2. The van der Waals surface area contributed by atoms with Crippen LogP contribution in [0.1, 0.15) is 25.0 Å². The summed E-state index contributed by atoms with van der Waals surface area (Å²) in [5, 5.41) is 11.3. The van der Waals surface area contributed by atoms with Gasteiger partial charge in [-0.1, -0.05) is 25.1 Å². The van der Waals surface area contributed by atoms with Gasteiger partial charge < -0.3 is 0 Å². The molecule has 0 aliphatic carbocycles. The van der Waals surface area contributed by atoms with Gasteiger partial charge in [0.15, 0.2) is 0 Å².